The fourth-order valence-corrected chi connectivity index (χ4v) is 4.09. The molecule has 5 heteroatoms. The number of aromatic nitrogens is 2. The molecule has 1 saturated carbocycles. The third kappa shape index (κ3) is 2.96. The van der Waals surface area contributed by atoms with Gasteiger partial charge in [-0.2, -0.15) is 0 Å². The summed E-state index contributed by atoms with van der Waals surface area (Å²) in [5.41, 5.74) is 3.81. The first-order chi connectivity index (χ1) is 11.8. The smallest absolute Gasteiger partial charge is 0.263 e. The van der Waals surface area contributed by atoms with Crippen LogP contribution in [-0.4, -0.2) is 22.4 Å². The van der Waals surface area contributed by atoms with Gasteiger partial charge in [0.1, 0.15) is 4.88 Å². The molecule has 0 unspecified atom stereocenters. The zero-order valence-electron chi connectivity index (χ0n) is 13.8. The quantitative estimate of drug-likeness (QED) is 0.712. The molecule has 24 heavy (non-hydrogen) atoms. The van der Waals surface area contributed by atoms with Crippen LogP contribution in [0.15, 0.2) is 30.6 Å². The maximum atomic E-state index is 12.2. The van der Waals surface area contributed by atoms with E-state index in [9.17, 15) is 4.79 Å². The number of amides is 1. The fraction of sp³-hybridized carbons (Fsp3) is 0.368. The number of hydrogen-bond acceptors (Lipinski definition) is 3. The molecule has 4 rings (SSSR count). The average Bonchev–Trinajstić information content (AvgIpc) is 3.19. The highest BCUT2D eigenvalue weighted by Crippen LogP contribution is 2.41. The Hall–Kier alpha value is -2.14. The van der Waals surface area contributed by atoms with Gasteiger partial charge in [-0.25, -0.2) is 4.98 Å². The predicted octanol–water partition coefficient (Wildman–Crippen LogP) is 4.04. The van der Waals surface area contributed by atoms with Crippen LogP contribution in [0.5, 0.6) is 0 Å². The first kappa shape index (κ1) is 15.4. The molecule has 0 atom stereocenters. The van der Waals surface area contributed by atoms with E-state index in [0.29, 0.717) is 12.5 Å². The highest BCUT2D eigenvalue weighted by Gasteiger charge is 2.27. The lowest BCUT2D eigenvalue weighted by Crippen LogP contribution is -2.24. The van der Waals surface area contributed by atoms with Crippen molar-refractivity contribution in [3.63, 3.8) is 0 Å². The number of aryl methyl sites for hydroxylation is 1. The van der Waals surface area contributed by atoms with Crippen LogP contribution < -0.4 is 5.32 Å². The van der Waals surface area contributed by atoms with Crippen LogP contribution in [-0.2, 0) is 12.8 Å². The van der Waals surface area contributed by atoms with Crippen LogP contribution in [0.2, 0.25) is 0 Å². The summed E-state index contributed by atoms with van der Waals surface area (Å²) in [6.07, 6.45) is 8.06. The molecule has 0 spiro atoms. The molecule has 1 amide bonds. The van der Waals surface area contributed by atoms with Crippen molar-refractivity contribution in [1.29, 1.82) is 0 Å². The summed E-state index contributed by atoms with van der Waals surface area (Å²) in [4.78, 5) is 20.7. The van der Waals surface area contributed by atoms with Gasteiger partial charge in [-0.3, -0.25) is 4.79 Å². The van der Waals surface area contributed by atoms with E-state index in [1.165, 1.54) is 46.2 Å². The molecule has 124 valence electrons. The molecule has 1 aromatic carbocycles. The SMILES string of the molecule is CCc1cccc2c(CCNC(=O)c3cnc(C4CC4)s3)c[nH]c12. The molecule has 1 fully saturated rings. The van der Waals surface area contributed by atoms with Gasteiger partial charge in [-0.1, -0.05) is 25.1 Å². The number of carbonyl (C=O) groups is 1. The molecule has 0 radical (unpaired) electrons. The maximum absolute atomic E-state index is 12.2. The van der Waals surface area contributed by atoms with Crippen molar-refractivity contribution in [3.05, 3.63) is 51.6 Å². The predicted molar refractivity (Wildman–Crippen MR) is 97.8 cm³/mol. The standard InChI is InChI=1S/C19H21N3OS/c1-2-12-4-3-5-15-14(10-21-17(12)15)8-9-20-18(23)16-11-22-19(24-16)13-6-7-13/h3-5,10-11,13,21H,2,6-9H2,1H3,(H,20,23). The number of aromatic amines is 1. The van der Waals surface area contributed by atoms with Crippen molar-refractivity contribution in [3.8, 4) is 0 Å². The Labute approximate surface area is 145 Å². The van der Waals surface area contributed by atoms with Gasteiger partial charge in [0, 0.05) is 29.6 Å². The van der Waals surface area contributed by atoms with Crippen LogP contribution >= 0.6 is 11.3 Å². The molecular weight excluding hydrogens is 318 g/mol. The minimum absolute atomic E-state index is 0.00603. The molecule has 4 nitrogen and oxygen atoms in total. The first-order valence-electron chi connectivity index (χ1n) is 8.58. The van der Waals surface area contributed by atoms with Crippen molar-refractivity contribution < 1.29 is 4.79 Å². The van der Waals surface area contributed by atoms with E-state index in [0.717, 1.165) is 22.7 Å². The summed E-state index contributed by atoms with van der Waals surface area (Å²) in [5.74, 6) is 0.601. The largest absolute Gasteiger partial charge is 0.361 e. The molecule has 2 N–H and O–H groups in total. The molecule has 3 aromatic rings. The number of para-hydroxylation sites is 1. The lowest BCUT2D eigenvalue weighted by Gasteiger charge is -2.04. The lowest BCUT2D eigenvalue weighted by atomic mass is 10.1. The number of H-pyrrole nitrogens is 1. The van der Waals surface area contributed by atoms with Crippen molar-refractivity contribution in [2.45, 2.75) is 38.5 Å². The zero-order chi connectivity index (χ0) is 16.5. The number of nitrogens with one attached hydrogen (secondary N) is 2. The summed E-state index contributed by atoms with van der Waals surface area (Å²) in [6.45, 7) is 2.80. The molecule has 2 aromatic heterocycles. The minimum Gasteiger partial charge on any atom is -0.361 e. The normalized spacial score (nSPS) is 14.2. The Bertz CT molecular complexity index is 876. The molecular formula is C19H21N3OS. The third-order valence-corrected chi connectivity index (χ3v) is 5.78. The summed E-state index contributed by atoms with van der Waals surface area (Å²) in [5, 5.41) is 5.40. The number of rotatable bonds is 6. The minimum atomic E-state index is -0.00603. The van der Waals surface area contributed by atoms with Crippen molar-refractivity contribution in [1.82, 2.24) is 15.3 Å². The molecule has 0 bridgehead atoms. The fourth-order valence-electron chi connectivity index (χ4n) is 3.09. The van der Waals surface area contributed by atoms with Gasteiger partial charge in [-0.05, 0) is 36.8 Å². The molecule has 1 aliphatic carbocycles. The Kier molecular flexibility index (Phi) is 4.10. The Morgan fingerprint density at radius 3 is 3.04 bits per heavy atom. The van der Waals surface area contributed by atoms with Gasteiger partial charge >= 0.3 is 0 Å². The molecule has 0 saturated heterocycles. The second kappa shape index (κ2) is 6.40. The van der Waals surface area contributed by atoms with Crippen molar-refractivity contribution in [2.24, 2.45) is 0 Å². The molecule has 0 aliphatic heterocycles. The number of fused-ring (bicyclic) bond motifs is 1. The van der Waals surface area contributed by atoms with Gasteiger partial charge in [0.15, 0.2) is 0 Å². The van der Waals surface area contributed by atoms with Gasteiger partial charge in [0.05, 0.1) is 11.2 Å². The van der Waals surface area contributed by atoms with Crippen LogP contribution in [0, 0.1) is 0 Å². The third-order valence-electron chi connectivity index (χ3n) is 4.62. The number of hydrogen-bond donors (Lipinski definition) is 2. The highest BCUT2D eigenvalue weighted by atomic mass is 32.1. The Morgan fingerprint density at radius 2 is 2.25 bits per heavy atom. The van der Waals surface area contributed by atoms with Gasteiger partial charge < -0.3 is 10.3 Å². The van der Waals surface area contributed by atoms with Gasteiger partial charge in [0.2, 0.25) is 0 Å². The van der Waals surface area contributed by atoms with E-state index >= 15 is 0 Å². The Balaban J connectivity index is 1.39. The van der Waals surface area contributed by atoms with Crippen LogP contribution in [0.1, 0.15) is 51.5 Å². The van der Waals surface area contributed by atoms with E-state index in [4.69, 9.17) is 0 Å². The van der Waals surface area contributed by atoms with E-state index in [2.05, 4.69) is 46.6 Å². The summed E-state index contributed by atoms with van der Waals surface area (Å²) in [6, 6.07) is 6.41. The average molecular weight is 339 g/mol. The second-order valence-corrected chi connectivity index (χ2v) is 7.41. The highest BCUT2D eigenvalue weighted by molar-refractivity contribution is 7.13. The van der Waals surface area contributed by atoms with Crippen LogP contribution in [0.4, 0.5) is 0 Å². The van der Waals surface area contributed by atoms with Gasteiger partial charge in [-0.15, -0.1) is 11.3 Å². The van der Waals surface area contributed by atoms with E-state index in [-0.39, 0.29) is 5.91 Å². The topological polar surface area (TPSA) is 57.8 Å². The van der Waals surface area contributed by atoms with Crippen LogP contribution in [0.25, 0.3) is 10.9 Å². The number of thiazole rings is 1. The van der Waals surface area contributed by atoms with Crippen molar-refractivity contribution >= 4 is 28.1 Å². The summed E-state index contributed by atoms with van der Waals surface area (Å²) >= 11 is 1.54. The molecule has 1 aliphatic rings. The number of benzene rings is 1. The number of carbonyl (C=O) groups excluding carboxylic acids is 1. The second-order valence-electron chi connectivity index (χ2n) is 6.35. The maximum Gasteiger partial charge on any atom is 0.263 e. The summed E-state index contributed by atoms with van der Waals surface area (Å²) < 4.78 is 0. The number of nitrogens with zero attached hydrogens (tertiary/aromatic N) is 1. The Morgan fingerprint density at radius 1 is 1.38 bits per heavy atom. The lowest BCUT2D eigenvalue weighted by molar-refractivity contribution is 0.0958. The van der Waals surface area contributed by atoms with Crippen LogP contribution in [0.3, 0.4) is 0 Å². The summed E-state index contributed by atoms with van der Waals surface area (Å²) in [7, 11) is 0. The van der Waals surface area contributed by atoms with E-state index in [1.54, 1.807) is 6.20 Å². The van der Waals surface area contributed by atoms with Gasteiger partial charge in [0.25, 0.3) is 5.91 Å². The molecule has 2 heterocycles. The zero-order valence-corrected chi connectivity index (χ0v) is 14.6. The van der Waals surface area contributed by atoms with E-state index < -0.39 is 0 Å². The first-order valence-corrected chi connectivity index (χ1v) is 9.39. The van der Waals surface area contributed by atoms with E-state index in [1.807, 2.05) is 0 Å². The monoisotopic (exact) mass is 339 g/mol. The van der Waals surface area contributed by atoms with Crippen molar-refractivity contribution in [2.75, 3.05) is 6.54 Å².